The molecule has 0 spiro atoms. The maximum Gasteiger partial charge on any atom is 0.472 e. The predicted molar refractivity (Wildman–Crippen MR) is 228 cm³/mol. The molecule has 0 aromatic heterocycles. The SMILES string of the molecule is CCCCCC=CCC=CCC=CCC=CCC=CCCC(=O)OC(COC(=O)CCCCC=CCC=CCC=CCCCCC)COP(=O)(O)OCCN. The molecule has 312 valence electrons. The minimum atomic E-state index is -4.41. The normalized spacial score (nSPS) is 14.3. The molecule has 3 N–H and O–H groups in total. The van der Waals surface area contributed by atoms with E-state index in [0.717, 1.165) is 57.8 Å². The van der Waals surface area contributed by atoms with Gasteiger partial charge in [-0.2, -0.15) is 0 Å². The number of carbonyl (C=O) groups excluding carboxylic acids is 2. The van der Waals surface area contributed by atoms with E-state index in [1.54, 1.807) is 0 Å². The van der Waals surface area contributed by atoms with Gasteiger partial charge in [-0.25, -0.2) is 4.57 Å². The van der Waals surface area contributed by atoms with Gasteiger partial charge >= 0.3 is 19.8 Å². The zero-order chi connectivity index (χ0) is 40.3. The molecule has 0 bridgehead atoms. The van der Waals surface area contributed by atoms with Crippen LogP contribution >= 0.6 is 7.82 Å². The molecule has 55 heavy (non-hydrogen) atoms. The molecule has 0 fully saturated rings. The van der Waals surface area contributed by atoms with E-state index in [-0.39, 0.29) is 32.6 Å². The summed E-state index contributed by atoms with van der Waals surface area (Å²) in [7, 11) is -4.41. The van der Waals surface area contributed by atoms with Crippen LogP contribution in [0.2, 0.25) is 0 Å². The van der Waals surface area contributed by atoms with E-state index in [1.807, 2.05) is 12.2 Å². The third-order valence-corrected chi connectivity index (χ3v) is 8.94. The number of hydrogen-bond donors (Lipinski definition) is 2. The summed E-state index contributed by atoms with van der Waals surface area (Å²) in [4.78, 5) is 34.8. The third kappa shape index (κ3) is 40.4. The topological polar surface area (TPSA) is 134 Å². The van der Waals surface area contributed by atoms with Crippen molar-refractivity contribution >= 4 is 19.8 Å². The second-order valence-corrected chi connectivity index (χ2v) is 14.6. The molecule has 0 rings (SSSR count). The Morgan fingerprint density at radius 1 is 0.545 bits per heavy atom. The maximum atomic E-state index is 12.5. The van der Waals surface area contributed by atoms with Crippen LogP contribution in [0, 0.1) is 0 Å². The van der Waals surface area contributed by atoms with E-state index in [0.29, 0.717) is 12.8 Å². The smallest absolute Gasteiger partial charge is 0.462 e. The molecule has 0 aliphatic rings. The van der Waals surface area contributed by atoms with Gasteiger partial charge in [0.05, 0.1) is 13.2 Å². The van der Waals surface area contributed by atoms with Crippen LogP contribution in [-0.2, 0) is 32.7 Å². The lowest BCUT2D eigenvalue weighted by Gasteiger charge is -2.19. The van der Waals surface area contributed by atoms with Gasteiger partial charge in [0.2, 0.25) is 0 Å². The van der Waals surface area contributed by atoms with E-state index < -0.39 is 32.5 Å². The van der Waals surface area contributed by atoms with Crippen LogP contribution in [0.1, 0.15) is 142 Å². The molecule has 2 unspecified atom stereocenters. The summed E-state index contributed by atoms with van der Waals surface area (Å²) < 4.78 is 32.6. The number of unbranched alkanes of at least 4 members (excludes halogenated alkanes) is 8. The monoisotopic (exact) mass is 788 g/mol. The molecule has 0 heterocycles. The van der Waals surface area contributed by atoms with Crippen LogP contribution in [0.15, 0.2) is 97.2 Å². The fraction of sp³-hybridized carbons (Fsp3) is 0.600. The van der Waals surface area contributed by atoms with Crippen molar-refractivity contribution in [2.45, 2.75) is 148 Å². The van der Waals surface area contributed by atoms with E-state index in [9.17, 15) is 19.0 Å². The van der Waals surface area contributed by atoms with Crippen LogP contribution in [-0.4, -0.2) is 49.3 Å². The molecule has 0 saturated heterocycles. The third-order valence-electron chi connectivity index (χ3n) is 7.96. The number of esters is 2. The number of phosphoric acid groups is 1. The van der Waals surface area contributed by atoms with Gasteiger partial charge in [0.1, 0.15) is 6.61 Å². The summed E-state index contributed by atoms with van der Waals surface area (Å²) >= 11 is 0. The zero-order valence-corrected chi connectivity index (χ0v) is 35.0. The lowest BCUT2D eigenvalue weighted by atomic mass is 10.1. The molecular weight excluding hydrogens is 713 g/mol. The summed E-state index contributed by atoms with van der Waals surface area (Å²) in [6.07, 6.45) is 51.7. The first kappa shape index (κ1) is 51.9. The van der Waals surface area contributed by atoms with Crippen molar-refractivity contribution < 1.29 is 37.6 Å². The number of carbonyl (C=O) groups is 2. The van der Waals surface area contributed by atoms with E-state index >= 15 is 0 Å². The second-order valence-electron chi connectivity index (χ2n) is 13.1. The van der Waals surface area contributed by atoms with Crippen molar-refractivity contribution in [3.63, 3.8) is 0 Å². The Balaban J connectivity index is 4.41. The lowest BCUT2D eigenvalue weighted by Crippen LogP contribution is -2.29. The summed E-state index contributed by atoms with van der Waals surface area (Å²) in [5.41, 5.74) is 5.33. The maximum absolute atomic E-state index is 12.5. The standard InChI is InChI=1S/C45H74NO8P/c1-3-5-7-9-11-13-15-17-19-20-21-22-24-26-28-30-32-34-36-38-45(48)54-43(42-53-55(49,50)52-40-39-46)41-51-44(47)37-35-33-31-29-27-25-23-18-16-14-12-10-8-6-4-2/h11-14,17-19,21-23,26-29,32,34,43H,3-10,15-16,20,24-25,30-31,33,35-42,46H2,1-2H3,(H,49,50). The Kier molecular flexibility index (Phi) is 38.3. The second kappa shape index (κ2) is 40.6. The van der Waals surface area contributed by atoms with Gasteiger partial charge in [0.25, 0.3) is 0 Å². The summed E-state index contributed by atoms with van der Waals surface area (Å²) in [5, 5.41) is 0. The molecule has 0 aromatic carbocycles. The highest BCUT2D eigenvalue weighted by Gasteiger charge is 2.25. The van der Waals surface area contributed by atoms with E-state index in [2.05, 4.69) is 98.9 Å². The van der Waals surface area contributed by atoms with Crippen molar-refractivity contribution in [1.82, 2.24) is 0 Å². The van der Waals surface area contributed by atoms with Crippen LogP contribution in [0.5, 0.6) is 0 Å². The average Bonchev–Trinajstić information content (AvgIpc) is 3.17. The number of nitrogens with two attached hydrogens (primary N) is 1. The highest BCUT2D eigenvalue weighted by Crippen LogP contribution is 2.43. The zero-order valence-electron chi connectivity index (χ0n) is 34.1. The first-order valence-corrected chi connectivity index (χ1v) is 22.2. The minimum absolute atomic E-state index is 0.0316. The van der Waals surface area contributed by atoms with Gasteiger partial charge < -0.3 is 20.1 Å². The molecule has 0 amide bonds. The number of hydrogen-bond acceptors (Lipinski definition) is 8. The van der Waals surface area contributed by atoms with Gasteiger partial charge in [-0.15, -0.1) is 0 Å². The van der Waals surface area contributed by atoms with Gasteiger partial charge in [-0.3, -0.25) is 18.6 Å². The van der Waals surface area contributed by atoms with Crippen LogP contribution in [0.4, 0.5) is 0 Å². The Morgan fingerprint density at radius 3 is 1.40 bits per heavy atom. The fourth-order valence-electron chi connectivity index (χ4n) is 4.86. The van der Waals surface area contributed by atoms with Crippen LogP contribution < -0.4 is 5.73 Å². The lowest BCUT2D eigenvalue weighted by molar-refractivity contribution is -0.161. The molecule has 0 aromatic rings. The Hall–Kier alpha value is -3.07. The molecule has 10 heteroatoms. The van der Waals surface area contributed by atoms with Crippen LogP contribution in [0.25, 0.3) is 0 Å². The highest BCUT2D eigenvalue weighted by atomic mass is 31.2. The van der Waals surface area contributed by atoms with Gasteiger partial charge in [-0.05, 0) is 89.9 Å². The molecule has 0 radical (unpaired) electrons. The first-order chi connectivity index (χ1) is 26.8. The van der Waals surface area contributed by atoms with E-state index in [4.69, 9.17) is 24.3 Å². The molecule has 0 aliphatic heterocycles. The van der Waals surface area contributed by atoms with Gasteiger partial charge in [0.15, 0.2) is 6.10 Å². The Morgan fingerprint density at radius 2 is 0.964 bits per heavy atom. The van der Waals surface area contributed by atoms with Gasteiger partial charge in [-0.1, -0.05) is 137 Å². The first-order valence-electron chi connectivity index (χ1n) is 20.7. The fourth-order valence-corrected chi connectivity index (χ4v) is 5.62. The molecular formula is C45H74NO8P. The summed E-state index contributed by atoms with van der Waals surface area (Å²) in [5.74, 6) is -0.981. The van der Waals surface area contributed by atoms with Gasteiger partial charge in [0, 0.05) is 19.4 Å². The van der Waals surface area contributed by atoms with Crippen LogP contribution in [0.3, 0.4) is 0 Å². The minimum Gasteiger partial charge on any atom is -0.462 e. The average molecular weight is 788 g/mol. The summed E-state index contributed by atoms with van der Waals surface area (Å²) in [6.45, 7) is 3.51. The largest absolute Gasteiger partial charge is 0.472 e. The summed E-state index contributed by atoms with van der Waals surface area (Å²) in [6, 6.07) is 0. The number of allylic oxidation sites excluding steroid dienone is 16. The molecule has 0 saturated carbocycles. The number of phosphoric ester groups is 1. The van der Waals surface area contributed by atoms with Crippen molar-refractivity contribution in [2.24, 2.45) is 5.73 Å². The predicted octanol–water partition coefficient (Wildman–Crippen LogP) is 11.8. The molecule has 2 atom stereocenters. The quantitative estimate of drug-likeness (QED) is 0.0273. The Bertz CT molecular complexity index is 1220. The van der Waals surface area contributed by atoms with E-state index in [1.165, 1.54) is 44.9 Å². The Labute approximate surface area is 334 Å². The van der Waals surface area contributed by atoms with Crippen molar-refractivity contribution in [3.05, 3.63) is 97.2 Å². The van der Waals surface area contributed by atoms with Crippen molar-refractivity contribution in [1.29, 1.82) is 0 Å². The molecule has 0 aliphatic carbocycles. The molecule has 9 nitrogen and oxygen atoms in total. The highest BCUT2D eigenvalue weighted by molar-refractivity contribution is 7.47. The number of ether oxygens (including phenoxy) is 2. The number of rotatable bonds is 37. The van der Waals surface area contributed by atoms with Crippen molar-refractivity contribution in [3.8, 4) is 0 Å². The van der Waals surface area contributed by atoms with Crippen molar-refractivity contribution in [2.75, 3.05) is 26.4 Å².